The van der Waals surface area contributed by atoms with Crippen molar-refractivity contribution >= 4 is 29.2 Å². The largest absolute Gasteiger partial charge is 0.357 e. The molecule has 0 unspecified atom stereocenters. The molecular formula is C9H19CuNS2. The number of thiocarbonyl (C=S) groups is 1. The minimum atomic E-state index is 0. The van der Waals surface area contributed by atoms with Crippen LogP contribution in [0.5, 0.6) is 0 Å². The monoisotopic (exact) mass is 268 g/mol. The van der Waals surface area contributed by atoms with Gasteiger partial charge in [0.2, 0.25) is 0 Å². The van der Waals surface area contributed by atoms with E-state index in [1.54, 1.807) is 0 Å². The van der Waals surface area contributed by atoms with Gasteiger partial charge in [0, 0.05) is 30.2 Å². The third-order valence-corrected chi connectivity index (χ3v) is 1.98. The van der Waals surface area contributed by atoms with Gasteiger partial charge in [-0.1, -0.05) is 39.9 Å². The summed E-state index contributed by atoms with van der Waals surface area (Å²) in [6.07, 6.45) is 0. The number of hydrogen-bond acceptors (Lipinski definition) is 1. The van der Waals surface area contributed by atoms with E-state index >= 15 is 0 Å². The Hall–Kier alpha value is 0.759. The molecule has 0 N–H and O–H groups in total. The van der Waals surface area contributed by atoms with Crippen LogP contribution in [0.2, 0.25) is 0 Å². The molecule has 1 radical (unpaired) electrons. The molecular weight excluding hydrogens is 250 g/mol. The molecule has 0 spiro atoms. The summed E-state index contributed by atoms with van der Waals surface area (Å²) in [7, 11) is 0. The van der Waals surface area contributed by atoms with Crippen LogP contribution in [0.25, 0.3) is 0 Å². The van der Waals surface area contributed by atoms with Crippen LogP contribution in [-0.4, -0.2) is 22.3 Å². The third kappa shape index (κ3) is 9.07. The second-order valence-corrected chi connectivity index (χ2v) is 5.09. The fourth-order valence-corrected chi connectivity index (χ4v) is 1.42. The van der Waals surface area contributed by atoms with Gasteiger partial charge >= 0.3 is 0 Å². The molecule has 0 fully saturated rings. The zero-order valence-corrected chi connectivity index (χ0v) is 11.3. The summed E-state index contributed by atoms with van der Waals surface area (Å²) in [6.45, 7) is 10.8. The number of rotatable bonds is 4. The molecule has 0 aliphatic heterocycles. The van der Waals surface area contributed by atoms with Crippen LogP contribution < -0.4 is 0 Å². The Morgan fingerprint density at radius 1 is 1.15 bits per heavy atom. The number of hydrogen-bond donors (Lipinski definition) is 1. The second kappa shape index (κ2) is 8.10. The van der Waals surface area contributed by atoms with E-state index in [-0.39, 0.29) is 17.1 Å². The van der Waals surface area contributed by atoms with Crippen LogP contribution in [0, 0.1) is 11.8 Å². The first-order chi connectivity index (χ1) is 5.43. The van der Waals surface area contributed by atoms with Gasteiger partial charge in [0.1, 0.15) is 4.32 Å². The van der Waals surface area contributed by atoms with E-state index in [1.807, 2.05) is 0 Å². The first-order valence-electron chi connectivity index (χ1n) is 4.41. The average Bonchev–Trinajstić information content (AvgIpc) is 1.83. The fourth-order valence-electron chi connectivity index (χ4n) is 1.11. The van der Waals surface area contributed by atoms with Crippen molar-refractivity contribution in [2.45, 2.75) is 27.7 Å². The van der Waals surface area contributed by atoms with Crippen molar-refractivity contribution in [3.63, 3.8) is 0 Å². The molecule has 0 saturated carbocycles. The fraction of sp³-hybridized carbons (Fsp3) is 0.889. The number of nitrogens with zero attached hydrogens (tertiary/aromatic N) is 1. The predicted octanol–water partition coefficient (Wildman–Crippen LogP) is 2.81. The van der Waals surface area contributed by atoms with Gasteiger partial charge in [0.15, 0.2) is 0 Å². The van der Waals surface area contributed by atoms with Gasteiger partial charge < -0.3 is 4.90 Å². The van der Waals surface area contributed by atoms with Gasteiger partial charge in [-0.2, -0.15) is 0 Å². The molecule has 0 bridgehead atoms. The minimum absolute atomic E-state index is 0. The van der Waals surface area contributed by atoms with Crippen LogP contribution in [0.1, 0.15) is 27.7 Å². The van der Waals surface area contributed by atoms with E-state index in [0.717, 1.165) is 17.4 Å². The van der Waals surface area contributed by atoms with E-state index in [9.17, 15) is 0 Å². The Morgan fingerprint density at radius 2 is 1.46 bits per heavy atom. The zero-order chi connectivity index (χ0) is 9.72. The van der Waals surface area contributed by atoms with E-state index in [0.29, 0.717) is 11.8 Å². The van der Waals surface area contributed by atoms with E-state index in [4.69, 9.17) is 12.2 Å². The molecule has 0 amide bonds. The molecule has 0 aromatic rings. The van der Waals surface area contributed by atoms with Crippen molar-refractivity contribution in [1.82, 2.24) is 4.90 Å². The second-order valence-electron chi connectivity index (χ2n) is 3.98. The van der Waals surface area contributed by atoms with Gasteiger partial charge in [0.05, 0.1) is 0 Å². The van der Waals surface area contributed by atoms with Gasteiger partial charge in [0.25, 0.3) is 0 Å². The zero-order valence-electron chi connectivity index (χ0n) is 8.67. The summed E-state index contributed by atoms with van der Waals surface area (Å²) in [5, 5.41) is 0. The van der Waals surface area contributed by atoms with Crippen molar-refractivity contribution in [3.05, 3.63) is 0 Å². The van der Waals surface area contributed by atoms with Crippen molar-refractivity contribution in [1.29, 1.82) is 0 Å². The quantitative estimate of drug-likeness (QED) is 0.475. The molecule has 0 saturated heterocycles. The van der Waals surface area contributed by atoms with Crippen molar-refractivity contribution in [2.24, 2.45) is 11.8 Å². The van der Waals surface area contributed by atoms with Crippen molar-refractivity contribution < 1.29 is 17.1 Å². The molecule has 0 aromatic carbocycles. The average molecular weight is 269 g/mol. The summed E-state index contributed by atoms with van der Waals surface area (Å²) < 4.78 is 0.720. The summed E-state index contributed by atoms with van der Waals surface area (Å²) in [5.74, 6) is 1.29. The molecule has 13 heavy (non-hydrogen) atoms. The van der Waals surface area contributed by atoms with E-state index in [1.165, 1.54) is 0 Å². The van der Waals surface area contributed by atoms with Gasteiger partial charge in [-0.05, 0) is 11.8 Å². The molecule has 0 rings (SSSR count). The minimum Gasteiger partial charge on any atom is -0.357 e. The Kier molecular flexibility index (Phi) is 10.1. The van der Waals surface area contributed by atoms with Crippen LogP contribution in [-0.2, 0) is 17.1 Å². The first kappa shape index (κ1) is 16.2. The van der Waals surface area contributed by atoms with E-state index < -0.39 is 0 Å². The topological polar surface area (TPSA) is 3.24 Å². The molecule has 0 aromatic heterocycles. The summed E-state index contributed by atoms with van der Waals surface area (Å²) in [4.78, 5) is 2.16. The smallest absolute Gasteiger partial charge is 0.133 e. The van der Waals surface area contributed by atoms with Gasteiger partial charge in [-0.15, -0.1) is 12.6 Å². The molecule has 0 atom stereocenters. The van der Waals surface area contributed by atoms with Crippen LogP contribution >= 0.6 is 24.8 Å². The maximum atomic E-state index is 5.04. The molecule has 1 nitrogen and oxygen atoms in total. The summed E-state index contributed by atoms with van der Waals surface area (Å²) in [6, 6.07) is 0. The van der Waals surface area contributed by atoms with Crippen LogP contribution in [0.15, 0.2) is 0 Å². The van der Waals surface area contributed by atoms with Gasteiger partial charge in [-0.3, -0.25) is 0 Å². The van der Waals surface area contributed by atoms with E-state index in [2.05, 4.69) is 45.2 Å². The van der Waals surface area contributed by atoms with Crippen LogP contribution in [0.3, 0.4) is 0 Å². The first-order valence-corrected chi connectivity index (χ1v) is 5.27. The predicted molar refractivity (Wildman–Crippen MR) is 62.8 cm³/mol. The molecule has 0 aliphatic carbocycles. The standard InChI is InChI=1S/C9H19NS2.Cu/c1-7(2)5-10(9(11)12)6-8(3)4;/h7-8H,5-6H2,1-4H3,(H,11,12);. The molecule has 83 valence electrons. The summed E-state index contributed by atoms with van der Waals surface area (Å²) >= 11 is 9.24. The van der Waals surface area contributed by atoms with Crippen LogP contribution in [0.4, 0.5) is 0 Å². The Balaban J connectivity index is 0. The molecule has 0 aliphatic rings. The Labute approximate surface area is 104 Å². The number of thiol groups is 1. The molecule has 0 heterocycles. The van der Waals surface area contributed by atoms with Crippen molar-refractivity contribution in [2.75, 3.05) is 13.1 Å². The maximum Gasteiger partial charge on any atom is 0.133 e. The maximum absolute atomic E-state index is 5.04. The summed E-state index contributed by atoms with van der Waals surface area (Å²) in [5.41, 5.74) is 0. The Morgan fingerprint density at radius 3 is 1.62 bits per heavy atom. The van der Waals surface area contributed by atoms with Crippen molar-refractivity contribution in [3.8, 4) is 0 Å². The van der Waals surface area contributed by atoms with Gasteiger partial charge in [-0.25, -0.2) is 0 Å². The molecule has 4 heteroatoms. The normalized spacial score (nSPS) is 10.1. The Bertz CT molecular complexity index is 139. The SMILES string of the molecule is CC(C)CN(CC(C)C)C(=S)S.[Cu]. The third-order valence-electron chi connectivity index (χ3n) is 1.44.